The van der Waals surface area contributed by atoms with Gasteiger partial charge in [-0.15, -0.1) is 0 Å². The quantitative estimate of drug-likeness (QED) is 0.596. The number of para-hydroxylation sites is 1. The number of urea groups is 1. The summed E-state index contributed by atoms with van der Waals surface area (Å²) in [5.74, 6) is -0.995. The molecule has 1 aromatic carbocycles. The summed E-state index contributed by atoms with van der Waals surface area (Å²) in [4.78, 5) is 41.6. The summed E-state index contributed by atoms with van der Waals surface area (Å²) in [5, 5.41) is 9.23. The maximum absolute atomic E-state index is 14.5. The third-order valence-corrected chi connectivity index (χ3v) is 7.82. The van der Waals surface area contributed by atoms with Crippen LogP contribution in [0.4, 0.5) is 14.9 Å². The summed E-state index contributed by atoms with van der Waals surface area (Å²) in [7, 11) is 0. The highest BCUT2D eigenvalue weighted by molar-refractivity contribution is 8.04. The molecule has 4 aliphatic rings. The van der Waals surface area contributed by atoms with Gasteiger partial charge in [-0.1, -0.05) is 30.5 Å². The van der Waals surface area contributed by atoms with E-state index in [1.807, 2.05) is 0 Å². The van der Waals surface area contributed by atoms with Crippen LogP contribution < -0.4 is 20.9 Å². The van der Waals surface area contributed by atoms with Crippen molar-refractivity contribution in [2.45, 2.75) is 30.3 Å². The highest BCUT2D eigenvalue weighted by atomic mass is 32.2. The van der Waals surface area contributed by atoms with E-state index in [0.717, 1.165) is 0 Å². The Kier molecular flexibility index (Phi) is 5.42. The zero-order chi connectivity index (χ0) is 22.4. The number of nitrogens with one attached hydrogen (secondary N) is 3. The Morgan fingerprint density at radius 3 is 2.88 bits per heavy atom. The average Bonchev–Trinajstić information content (AvgIpc) is 3.40. The Morgan fingerprint density at radius 2 is 2.09 bits per heavy atom. The molecule has 3 unspecified atom stereocenters. The van der Waals surface area contributed by atoms with Crippen LogP contribution >= 0.6 is 11.8 Å². The predicted octanol–water partition coefficient (Wildman–Crippen LogP) is 1.52. The van der Waals surface area contributed by atoms with E-state index in [2.05, 4.69) is 22.5 Å². The number of carbonyl (C=O) groups excluding carboxylic acids is 3. The van der Waals surface area contributed by atoms with Gasteiger partial charge in [0.05, 0.1) is 22.0 Å². The van der Waals surface area contributed by atoms with Crippen LogP contribution in [0, 0.1) is 11.7 Å². The molecule has 1 aromatic rings. The topological polar surface area (TPSA) is 93.8 Å². The smallest absolute Gasteiger partial charge is 0.326 e. The summed E-state index contributed by atoms with van der Waals surface area (Å²) in [6.45, 7) is 5.18. The molecule has 168 valence electrons. The van der Waals surface area contributed by atoms with Crippen LogP contribution in [0.25, 0.3) is 0 Å². The number of carbonyl (C=O) groups is 3. The fourth-order valence-electron chi connectivity index (χ4n) is 5.01. The van der Waals surface area contributed by atoms with Gasteiger partial charge in [0.2, 0.25) is 5.91 Å². The number of nitrogens with zero attached hydrogens (tertiary/aromatic N) is 2. The van der Waals surface area contributed by atoms with Gasteiger partial charge in [0.15, 0.2) is 0 Å². The molecule has 4 amide bonds. The van der Waals surface area contributed by atoms with Crippen LogP contribution in [0.15, 0.2) is 47.5 Å². The monoisotopic (exact) mass is 457 g/mol. The molecule has 0 spiro atoms. The van der Waals surface area contributed by atoms with Crippen molar-refractivity contribution in [3.8, 4) is 0 Å². The maximum atomic E-state index is 14.5. The standard InChI is InChI=1S/C22H24FN5O3S/c1-2-16(29)27-10-8-12(11-27)25-20(30)19-18-17-15(7-9-24-21(17)32-19)28(22(31)26-18)14-6-4-3-5-13(14)23/h2-6,12,15,17,21,24H,1,7-11H2,(H,25,30)(H,26,31)/t12-,15?,17?,21?/m1/s1. The van der Waals surface area contributed by atoms with Gasteiger partial charge in [0, 0.05) is 30.7 Å². The lowest BCUT2D eigenvalue weighted by atomic mass is 9.86. The number of likely N-dealkylation sites (tertiary alicyclic amines) is 1. The zero-order valence-corrected chi connectivity index (χ0v) is 18.2. The fourth-order valence-corrected chi connectivity index (χ4v) is 6.41. The Bertz CT molecular complexity index is 1030. The first-order valence-electron chi connectivity index (χ1n) is 10.7. The lowest BCUT2D eigenvalue weighted by Gasteiger charge is -2.45. The van der Waals surface area contributed by atoms with Gasteiger partial charge < -0.3 is 20.9 Å². The maximum Gasteiger partial charge on any atom is 0.326 e. The second-order valence-electron chi connectivity index (χ2n) is 8.32. The predicted molar refractivity (Wildman–Crippen MR) is 119 cm³/mol. The fraction of sp³-hybridized carbons (Fsp3) is 0.409. The Balaban J connectivity index is 1.38. The van der Waals surface area contributed by atoms with Crippen LogP contribution in [0.3, 0.4) is 0 Å². The number of amides is 4. The molecule has 0 aliphatic carbocycles. The van der Waals surface area contributed by atoms with E-state index in [1.165, 1.54) is 28.8 Å². The zero-order valence-electron chi connectivity index (χ0n) is 17.3. The molecule has 0 bridgehead atoms. The van der Waals surface area contributed by atoms with E-state index in [4.69, 9.17) is 0 Å². The van der Waals surface area contributed by atoms with Crippen LogP contribution in [0.1, 0.15) is 12.8 Å². The van der Waals surface area contributed by atoms with E-state index in [-0.39, 0.29) is 40.9 Å². The molecular formula is C22H24FN5O3S. The minimum atomic E-state index is -0.450. The molecule has 0 aromatic heterocycles. The SMILES string of the molecule is C=CC(=O)N1CC[C@@H](NC(=O)C2=C3NC(=O)N(c4ccccc4F)C4CCNC(S2)C34)C1. The van der Waals surface area contributed by atoms with Gasteiger partial charge >= 0.3 is 6.03 Å². The number of anilines is 1. The number of rotatable bonds is 4. The first-order chi connectivity index (χ1) is 15.5. The van der Waals surface area contributed by atoms with Crippen LogP contribution in [-0.4, -0.2) is 59.8 Å². The van der Waals surface area contributed by atoms with Gasteiger partial charge in [-0.25, -0.2) is 9.18 Å². The minimum absolute atomic E-state index is 0.0817. The first kappa shape index (κ1) is 21.0. The molecule has 10 heteroatoms. The van der Waals surface area contributed by atoms with Crippen LogP contribution in [-0.2, 0) is 9.59 Å². The normalized spacial score (nSPS) is 29.0. The molecule has 32 heavy (non-hydrogen) atoms. The van der Waals surface area contributed by atoms with Crippen molar-refractivity contribution >= 4 is 35.3 Å². The Morgan fingerprint density at radius 1 is 1.28 bits per heavy atom. The Labute approximate surface area is 189 Å². The summed E-state index contributed by atoms with van der Waals surface area (Å²) in [5.41, 5.74) is 0.847. The third-order valence-electron chi connectivity index (χ3n) is 6.47. The number of hydrogen-bond acceptors (Lipinski definition) is 5. The third kappa shape index (κ3) is 3.47. The highest BCUT2D eigenvalue weighted by Gasteiger charge is 2.52. The van der Waals surface area contributed by atoms with E-state index < -0.39 is 11.8 Å². The molecule has 0 radical (unpaired) electrons. The van der Waals surface area contributed by atoms with Crippen molar-refractivity contribution in [2.24, 2.45) is 5.92 Å². The molecule has 0 saturated carbocycles. The average molecular weight is 458 g/mol. The Hall–Kier alpha value is -2.85. The van der Waals surface area contributed by atoms with E-state index >= 15 is 0 Å². The lowest BCUT2D eigenvalue weighted by Crippen LogP contribution is -2.62. The molecule has 4 heterocycles. The molecular weight excluding hydrogens is 433 g/mol. The van der Waals surface area contributed by atoms with Gasteiger partial charge in [-0.05, 0) is 37.6 Å². The molecule has 4 atom stereocenters. The van der Waals surface area contributed by atoms with Gasteiger partial charge in [0.1, 0.15) is 5.82 Å². The van der Waals surface area contributed by atoms with E-state index in [9.17, 15) is 18.8 Å². The van der Waals surface area contributed by atoms with Crippen LogP contribution in [0.5, 0.6) is 0 Å². The molecule has 5 rings (SSSR count). The first-order valence-corrected chi connectivity index (χ1v) is 11.6. The van der Waals surface area contributed by atoms with E-state index in [1.54, 1.807) is 23.1 Å². The molecule has 3 fully saturated rings. The van der Waals surface area contributed by atoms with Crippen molar-refractivity contribution < 1.29 is 18.8 Å². The second-order valence-corrected chi connectivity index (χ2v) is 9.47. The molecule has 8 nitrogen and oxygen atoms in total. The molecule has 3 saturated heterocycles. The molecule has 3 N–H and O–H groups in total. The van der Waals surface area contributed by atoms with Crippen molar-refractivity contribution in [1.82, 2.24) is 20.9 Å². The largest absolute Gasteiger partial charge is 0.347 e. The number of piperidine rings is 1. The van der Waals surface area contributed by atoms with Crippen molar-refractivity contribution in [1.29, 1.82) is 0 Å². The van der Waals surface area contributed by atoms with Crippen molar-refractivity contribution in [2.75, 3.05) is 24.5 Å². The van der Waals surface area contributed by atoms with Crippen molar-refractivity contribution in [3.63, 3.8) is 0 Å². The second kappa shape index (κ2) is 8.25. The van der Waals surface area contributed by atoms with Gasteiger partial charge in [-0.2, -0.15) is 0 Å². The molecule has 4 aliphatic heterocycles. The van der Waals surface area contributed by atoms with Gasteiger partial charge in [0.25, 0.3) is 5.91 Å². The number of thioether (sulfide) groups is 1. The van der Waals surface area contributed by atoms with Gasteiger partial charge in [-0.3, -0.25) is 14.5 Å². The van der Waals surface area contributed by atoms with E-state index in [0.29, 0.717) is 43.1 Å². The number of hydrogen-bond donors (Lipinski definition) is 3. The minimum Gasteiger partial charge on any atom is -0.347 e. The highest BCUT2D eigenvalue weighted by Crippen LogP contribution is 2.48. The number of halogens is 1. The number of benzene rings is 1. The summed E-state index contributed by atoms with van der Waals surface area (Å²) in [6.07, 6.45) is 2.60. The lowest BCUT2D eigenvalue weighted by molar-refractivity contribution is -0.125. The van der Waals surface area contributed by atoms with Crippen molar-refractivity contribution in [3.05, 3.63) is 53.3 Å². The summed E-state index contributed by atoms with van der Waals surface area (Å²) in [6, 6.07) is 5.43. The summed E-state index contributed by atoms with van der Waals surface area (Å²) < 4.78 is 14.5. The summed E-state index contributed by atoms with van der Waals surface area (Å²) >= 11 is 1.40. The van der Waals surface area contributed by atoms with Crippen LogP contribution in [0.2, 0.25) is 0 Å².